The van der Waals surface area contributed by atoms with E-state index in [1.165, 1.54) is 6.92 Å². The van der Waals surface area contributed by atoms with Gasteiger partial charge in [-0.2, -0.15) is 0 Å². The molecule has 4 heteroatoms. The summed E-state index contributed by atoms with van der Waals surface area (Å²) in [6.45, 7) is 1.35. The second-order valence-electron chi connectivity index (χ2n) is 3.00. The lowest BCUT2D eigenvalue weighted by Gasteiger charge is -2.05. The molecule has 0 spiro atoms. The highest BCUT2D eigenvalue weighted by Gasteiger charge is 2.04. The summed E-state index contributed by atoms with van der Waals surface area (Å²) in [6.07, 6.45) is 0.0134. The highest BCUT2D eigenvalue weighted by Crippen LogP contribution is 2.07. The molecule has 3 N–H and O–H groups in total. The first-order valence-electron chi connectivity index (χ1n) is 4.51. The molecule has 1 atom stereocenters. The van der Waals surface area contributed by atoms with Crippen molar-refractivity contribution in [2.45, 2.75) is 13.2 Å². The van der Waals surface area contributed by atoms with Gasteiger partial charge in [0.25, 0.3) is 0 Å². The highest BCUT2D eigenvalue weighted by atomic mass is 16.6. The summed E-state index contributed by atoms with van der Waals surface area (Å²) >= 11 is 0. The van der Waals surface area contributed by atoms with Crippen LogP contribution in [0.1, 0.15) is 12.5 Å². The number of nitrogens with two attached hydrogens (primary N) is 1. The van der Waals surface area contributed by atoms with Crippen LogP contribution in [0.15, 0.2) is 36.4 Å². The molecule has 1 aromatic carbocycles. The van der Waals surface area contributed by atoms with E-state index in [-0.39, 0.29) is 0 Å². The second kappa shape index (κ2) is 5.17. The van der Waals surface area contributed by atoms with E-state index in [0.29, 0.717) is 5.70 Å². The Bertz CT molecular complexity index is 357. The SMILES string of the molecule is CC(O)OC(=O)/C=C(/N)c1ccccc1. The summed E-state index contributed by atoms with van der Waals surface area (Å²) in [4.78, 5) is 11.1. The summed E-state index contributed by atoms with van der Waals surface area (Å²) in [5.41, 5.74) is 6.69. The van der Waals surface area contributed by atoms with Crippen molar-refractivity contribution in [3.05, 3.63) is 42.0 Å². The molecule has 0 saturated carbocycles. The van der Waals surface area contributed by atoms with Crippen molar-refractivity contribution in [1.29, 1.82) is 0 Å². The Balaban J connectivity index is 2.72. The van der Waals surface area contributed by atoms with Crippen molar-refractivity contribution in [3.8, 4) is 0 Å². The first kappa shape index (κ1) is 11.3. The van der Waals surface area contributed by atoms with Crippen LogP contribution in [0.5, 0.6) is 0 Å². The zero-order valence-corrected chi connectivity index (χ0v) is 8.38. The van der Waals surface area contributed by atoms with E-state index in [1.807, 2.05) is 18.2 Å². The molecule has 0 aliphatic heterocycles. The summed E-state index contributed by atoms with van der Waals surface area (Å²) in [5.74, 6) is -0.661. The van der Waals surface area contributed by atoms with E-state index in [4.69, 9.17) is 10.8 Å². The Hall–Kier alpha value is -1.81. The number of carbonyl (C=O) groups excluding carboxylic acids is 1. The number of rotatable bonds is 3. The molecule has 4 nitrogen and oxygen atoms in total. The van der Waals surface area contributed by atoms with Gasteiger partial charge in [-0.05, 0) is 12.5 Å². The van der Waals surface area contributed by atoms with E-state index in [0.717, 1.165) is 11.6 Å². The molecular weight excluding hydrogens is 194 g/mol. The first-order chi connectivity index (χ1) is 7.09. The molecule has 0 aliphatic carbocycles. The Morgan fingerprint density at radius 2 is 2.07 bits per heavy atom. The zero-order chi connectivity index (χ0) is 11.3. The maximum Gasteiger partial charge on any atom is 0.335 e. The normalized spacial score (nSPS) is 13.3. The van der Waals surface area contributed by atoms with Gasteiger partial charge in [0.15, 0.2) is 6.29 Å². The zero-order valence-electron chi connectivity index (χ0n) is 8.38. The van der Waals surface area contributed by atoms with Crippen molar-refractivity contribution in [1.82, 2.24) is 0 Å². The van der Waals surface area contributed by atoms with Crippen molar-refractivity contribution in [2.75, 3.05) is 0 Å². The fraction of sp³-hybridized carbons (Fsp3) is 0.182. The van der Waals surface area contributed by atoms with Crippen LogP contribution in [0.25, 0.3) is 5.70 Å². The first-order valence-corrected chi connectivity index (χ1v) is 4.51. The Morgan fingerprint density at radius 1 is 1.47 bits per heavy atom. The topological polar surface area (TPSA) is 72.5 Å². The molecule has 15 heavy (non-hydrogen) atoms. The molecule has 0 bridgehead atoms. The summed E-state index contributed by atoms with van der Waals surface area (Å²) in [6, 6.07) is 9.04. The molecule has 0 amide bonds. The smallest absolute Gasteiger partial charge is 0.335 e. The number of carbonyl (C=O) groups is 1. The summed E-state index contributed by atoms with van der Waals surface area (Å²) in [7, 11) is 0. The third kappa shape index (κ3) is 3.83. The predicted octanol–water partition coefficient (Wildman–Crippen LogP) is 0.868. The monoisotopic (exact) mass is 207 g/mol. The molecule has 1 unspecified atom stereocenters. The average molecular weight is 207 g/mol. The van der Waals surface area contributed by atoms with Crippen molar-refractivity contribution in [2.24, 2.45) is 5.73 Å². The van der Waals surface area contributed by atoms with E-state index in [9.17, 15) is 4.79 Å². The molecule has 0 radical (unpaired) electrons. The Labute approximate surface area is 88.0 Å². The van der Waals surface area contributed by atoms with Crippen LogP contribution in [0, 0.1) is 0 Å². The maximum absolute atomic E-state index is 11.1. The second-order valence-corrected chi connectivity index (χ2v) is 3.00. The molecule has 1 rings (SSSR count). The quantitative estimate of drug-likeness (QED) is 0.438. The van der Waals surface area contributed by atoms with Gasteiger partial charge in [0.2, 0.25) is 0 Å². The minimum atomic E-state index is -1.13. The minimum absolute atomic E-state index is 0.307. The van der Waals surface area contributed by atoms with Crippen LogP contribution < -0.4 is 5.73 Å². The number of benzene rings is 1. The van der Waals surface area contributed by atoms with E-state index in [1.54, 1.807) is 12.1 Å². The van der Waals surface area contributed by atoms with Gasteiger partial charge < -0.3 is 15.6 Å². The predicted molar refractivity (Wildman–Crippen MR) is 56.4 cm³/mol. The van der Waals surface area contributed by atoms with Crippen LogP contribution in [0.4, 0.5) is 0 Å². The number of aliphatic hydroxyl groups excluding tert-OH is 1. The molecule has 0 aliphatic rings. The molecule has 0 aromatic heterocycles. The van der Waals surface area contributed by atoms with Gasteiger partial charge in [0.1, 0.15) is 0 Å². The largest absolute Gasteiger partial charge is 0.433 e. The maximum atomic E-state index is 11.1. The lowest BCUT2D eigenvalue weighted by molar-refractivity contribution is -0.158. The number of aliphatic hydroxyl groups is 1. The summed E-state index contributed by atoms with van der Waals surface area (Å²) < 4.78 is 4.50. The lowest BCUT2D eigenvalue weighted by atomic mass is 10.1. The van der Waals surface area contributed by atoms with Crippen molar-refractivity contribution in [3.63, 3.8) is 0 Å². The number of esters is 1. The lowest BCUT2D eigenvalue weighted by Crippen LogP contribution is -2.13. The van der Waals surface area contributed by atoms with Gasteiger partial charge in [0, 0.05) is 11.8 Å². The van der Waals surface area contributed by atoms with Gasteiger partial charge >= 0.3 is 5.97 Å². The van der Waals surface area contributed by atoms with Crippen molar-refractivity contribution < 1.29 is 14.6 Å². The fourth-order valence-electron chi connectivity index (χ4n) is 1.04. The van der Waals surface area contributed by atoms with Crippen LogP contribution >= 0.6 is 0 Å². The van der Waals surface area contributed by atoms with Gasteiger partial charge in [0.05, 0.1) is 0 Å². The third-order valence-corrected chi connectivity index (χ3v) is 1.67. The van der Waals surface area contributed by atoms with E-state index < -0.39 is 12.3 Å². The molecule has 80 valence electrons. The molecular formula is C11H13NO3. The average Bonchev–Trinajstić information content (AvgIpc) is 2.17. The minimum Gasteiger partial charge on any atom is -0.433 e. The van der Waals surface area contributed by atoms with E-state index >= 15 is 0 Å². The van der Waals surface area contributed by atoms with Crippen molar-refractivity contribution >= 4 is 11.7 Å². The third-order valence-electron chi connectivity index (χ3n) is 1.67. The molecule has 0 fully saturated rings. The van der Waals surface area contributed by atoms with Gasteiger partial charge in [-0.3, -0.25) is 0 Å². The summed E-state index contributed by atoms with van der Waals surface area (Å²) in [5, 5.41) is 8.79. The number of hydrogen-bond acceptors (Lipinski definition) is 4. The fourth-order valence-corrected chi connectivity index (χ4v) is 1.04. The number of hydrogen-bond donors (Lipinski definition) is 2. The Morgan fingerprint density at radius 3 is 2.60 bits per heavy atom. The van der Waals surface area contributed by atoms with E-state index in [2.05, 4.69) is 4.74 Å². The van der Waals surface area contributed by atoms with Gasteiger partial charge in [-0.15, -0.1) is 0 Å². The number of ether oxygens (including phenoxy) is 1. The van der Waals surface area contributed by atoms with Crippen LogP contribution in [0.2, 0.25) is 0 Å². The molecule has 0 heterocycles. The standard InChI is InChI=1S/C11H13NO3/c1-8(13)15-11(14)7-10(12)9-5-3-2-4-6-9/h2-8,13H,12H2,1H3/b10-7+. The van der Waals surface area contributed by atoms with Crippen LogP contribution in [0.3, 0.4) is 0 Å². The van der Waals surface area contributed by atoms with Gasteiger partial charge in [-0.25, -0.2) is 4.79 Å². The molecule has 1 aromatic rings. The highest BCUT2D eigenvalue weighted by molar-refractivity contribution is 5.90. The van der Waals surface area contributed by atoms with Crippen LogP contribution in [-0.2, 0) is 9.53 Å². The Kier molecular flexibility index (Phi) is 3.88. The van der Waals surface area contributed by atoms with Crippen LogP contribution in [-0.4, -0.2) is 17.4 Å². The van der Waals surface area contributed by atoms with Gasteiger partial charge in [-0.1, -0.05) is 30.3 Å². The molecule has 0 saturated heterocycles.